The van der Waals surface area contributed by atoms with Crippen LogP contribution in [-0.4, -0.2) is 66.7 Å². The Morgan fingerprint density at radius 1 is 1.29 bits per heavy atom. The Balaban J connectivity index is 2.06. The molecule has 7 nitrogen and oxygen atoms in total. The Morgan fingerprint density at radius 2 is 1.96 bits per heavy atom. The summed E-state index contributed by atoms with van der Waals surface area (Å²) >= 11 is 0. The second-order valence-electron chi connectivity index (χ2n) is 6.34. The molecule has 1 rings (SSSR count). The molecule has 0 aliphatic carbocycles. The number of nitrogens with one attached hydrogen (secondary N) is 1. The molecule has 24 heavy (non-hydrogen) atoms. The van der Waals surface area contributed by atoms with Gasteiger partial charge in [0.1, 0.15) is 5.60 Å². The lowest BCUT2D eigenvalue weighted by molar-refractivity contribution is -0.145. The van der Waals surface area contributed by atoms with E-state index in [1.165, 1.54) is 7.11 Å². The zero-order valence-corrected chi connectivity index (χ0v) is 16.3. The molecule has 1 aliphatic heterocycles. The highest BCUT2D eigenvalue weighted by atomic mass is 33.1. The molecule has 0 aromatic heterocycles. The van der Waals surface area contributed by atoms with E-state index in [9.17, 15) is 14.4 Å². The molecular formula is C15H26N2O5S2. The summed E-state index contributed by atoms with van der Waals surface area (Å²) in [5, 5.41) is 2.69. The monoisotopic (exact) mass is 378 g/mol. The van der Waals surface area contributed by atoms with E-state index in [0.29, 0.717) is 19.6 Å². The third-order valence-electron chi connectivity index (χ3n) is 3.13. The average molecular weight is 379 g/mol. The Morgan fingerprint density at radius 3 is 2.58 bits per heavy atom. The first-order valence-electron chi connectivity index (χ1n) is 7.80. The zero-order valence-electron chi connectivity index (χ0n) is 14.6. The van der Waals surface area contributed by atoms with E-state index in [1.54, 1.807) is 26.5 Å². The largest absolute Gasteiger partial charge is 0.469 e. The highest BCUT2D eigenvalue weighted by Crippen LogP contribution is 2.23. The van der Waals surface area contributed by atoms with Gasteiger partial charge in [-0.05, 0) is 20.8 Å². The van der Waals surface area contributed by atoms with Crippen molar-refractivity contribution in [1.29, 1.82) is 0 Å². The number of esters is 1. The lowest BCUT2D eigenvalue weighted by Gasteiger charge is -2.19. The van der Waals surface area contributed by atoms with Crippen molar-refractivity contribution in [2.75, 3.05) is 38.2 Å². The Hall–Kier alpha value is -1.09. The summed E-state index contributed by atoms with van der Waals surface area (Å²) < 4.78 is 9.81. The molecule has 0 radical (unpaired) electrons. The Labute approximate surface area is 151 Å². The van der Waals surface area contributed by atoms with Crippen LogP contribution in [0.2, 0.25) is 0 Å². The molecule has 9 heteroatoms. The number of hydrogen-bond acceptors (Lipinski definition) is 7. The highest BCUT2D eigenvalue weighted by Gasteiger charge is 2.34. The number of rotatable bonds is 8. The van der Waals surface area contributed by atoms with Crippen LogP contribution in [0.5, 0.6) is 0 Å². The molecule has 1 N–H and O–H groups in total. The van der Waals surface area contributed by atoms with Gasteiger partial charge in [-0.2, -0.15) is 0 Å². The summed E-state index contributed by atoms with van der Waals surface area (Å²) in [7, 11) is 4.60. The van der Waals surface area contributed by atoms with Crippen LogP contribution in [-0.2, 0) is 19.1 Å². The summed E-state index contributed by atoms with van der Waals surface area (Å²) in [6.07, 6.45) is -0.172. The van der Waals surface area contributed by atoms with Crippen LogP contribution < -0.4 is 5.32 Å². The fraction of sp³-hybridized carbons (Fsp3) is 0.800. The minimum atomic E-state index is -0.490. The van der Waals surface area contributed by atoms with Gasteiger partial charge < -0.3 is 19.7 Å². The number of alkyl carbamates (subject to hydrolysis) is 1. The van der Waals surface area contributed by atoms with Crippen molar-refractivity contribution in [2.24, 2.45) is 5.92 Å². The van der Waals surface area contributed by atoms with Crippen LogP contribution in [0.3, 0.4) is 0 Å². The van der Waals surface area contributed by atoms with Crippen molar-refractivity contribution in [1.82, 2.24) is 10.2 Å². The topological polar surface area (TPSA) is 84.9 Å². The van der Waals surface area contributed by atoms with Crippen LogP contribution in [0.15, 0.2) is 0 Å². The fourth-order valence-electron chi connectivity index (χ4n) is 2.09. The molecule has 0 spiro atoms. The molecule has 1 saturated heterocycles. The number of amides is 2. The molecule has 1 heterocycles. The summed E-state index contributed by atoms with van der Waals surface area (Å²) in [5.74, 6) is 0.876. The Kier molecular flexibility index (Phi) is 8.75. The van der Waals surface area contributed by atoms with Crippen LogP contribution in [0.4, 0.5) is 4.79 Å². The van der Waals surface area contributed by atoms with Gasteiger partial charge in [0.25, 0.3) is 0 Å². The summed E-state index contributed by atoms with van der Waals surface area (Å²) in [6.45, 7) is 7.05. The maximum Gasteiger partial charge on any atom is 0.407 e. The lowest BCUT2D eigenvalue weighted by atomic mass is 10.1. The average Bonchev–Trinajstić information content (AvgIpc) is 2.85. The third kappa shape index (κ3) is 8.14. The smallest absolute Gasteiger partial charge is 0.407 e. The Bertz CT molecular complexity index is 454. The summed E-state index contributed by atoms with van der Waals surface area (Å²) in [6, 6.07) is 0. The quantitative estimate of drug-likeness (QED) is 0.392. The summed E-state index contributed by atoms with van der Waals surface area (Å²) in [5.41, 5.74) is -0.490. The standard InChI is InChI=1S/C15H26N2O5S2/c1-15(2,3)22-14(20)16-5-7-23-24-8-6-17-10-11(9-12(17)18)13(19)21-4/h11H,5-10H2,1-4H3,(H,16,20). The second kappa shape index (κ2) is 10.0. The molecule has 0 aromatic rings. The van der Waals surface area contributed by atoms with Gasteiger partial charge in [-0.1, -0.05) is 21.6 Å². The lowest BCUT2D eigenvalue weighted by Crippen LogP contribution is -2.33. The molecule has 1 aliphatic rings. The normalized spacial score (nSPS) is 17.8. The zero-order chi connectivity index (χ0) is 18.2. The van der Waals surface area contributed by atoms with Gasteiger partial charge >= 0.3 is 12.1 Å². The molecule has 1 unspecified atom stereocenters. The van der Waals surface area contributed by atoms with Crippen molar-refractivity contribution in [2.45, 2.75) is 32.8 Å². The van der Waals surface area contributed by atoms with Crippen molar-refractivity contribution in [3.63, 3.8) is 0 Å². The van der Waals surface area contributed by atoms with E-state index < -0.39 is 11.7 Å². The molecule has 0 saturated carbocycles. The first kappa shape index (κ1) is 21.0. The first-order valence-corrected chi connectivity index (χ1v) is 10.3. The predicted molar refractivity (Wildman–Crippen MR) is 95.9 cm³/mol. The SMILES string of the molecule is COC(=O)C1CC(=O)N(CCSSCCNC(=O)OC(C)(C)C)C1. The van der Waals surface area contributed by atoms with E-state index in [1.807, 2.05) is 20.8 Å². The van der Waals surface area contributed by atoms with Gasteiger partial charge in [-0.3, -0.25) is 9.59 Å². The maximum absolute atomic E-state index is 11.8. The second-order valence-corrected chi connectivity index (χ2v) is 9.04. The molecule has 138 valence electrons. The van der Waals surface area contributed by atoms with E-state index in [-0.39, 0.29) is 24.2 Å². The number of methoxy groups -OCH3 is 1. The number of carbonyl (C=O) groups is 3. The van der Waals surface area contributed by atoms with Gasteiger partial charge in [0, 0.05) is 37.6 Å². The van der Waals surface area contributed by atoms with Crippen molar-refractivity contribution in [3.05, 3.63) is 0 Å². The van der Waals surface area contributed by atoms with Crippen LogP contribution in [0.1, 0.15) is 27.2 Å². The van der Waals surface area contributed by atoms with E-state index in [0.717, 1.165) is 11.5 Å². The van der Waals surface area contributed by atoms with Crippen LogP contribution >= 0.6 is 21.6 Å². The molecule has 0 aromatic carbocycles. The van der Waals surface area contributed by atoms with E-state index in [4.69, 9.17) is 4.74 Å². The number of hydrogen-bond donors (Lipinski definition) is 1. The number of ether oxygens (including phenoxy) is 2. The third-order valence-corrected chi connectivity index (χ3v) is 5.52. The number of likely N-dealkylation sites (tertiary alicyclic amines) is 1. The van der Waals surface area contributed by atoms with Gasteiger partial charge in [-0.25, -0.2) is 4.79 Å². The van der Waals surface area contributed by atoms with Gasteiger partial charge in [-0.15, -0.1) is 0 Å². The first-order chi connectivity index (χ1) is 11.2. The minimum Gasteiger partial charge on any atom is -0.469 e. The molecule has 0 bridgehead atoms. The maximum atomic E-state index is 11.8. The molecule has 1 atom stereocenters. The van der Waals surface area contributed by atoms with E-state index in [2.05, 4.69) is 10.1 Å². The van der Waals surface area contributed by atoms with Gasteiger partial charge in [0.05, 0.1) is 13.0 Å². The summed E-state index contributed by atoms with van der Waals surface area (Å²) in [4.78, 5) is 36.4. The molecule has 1 fully saturated rings. The van der Waals surface area contributed by atoms with Crippen LogP contribution in [0.25, 0.3) is 0 Å². The number of nitrogens with zero attached hydrogens (tertiary/aromatic N) is 1. The van der Waals surface area contributed by atoms with Crippen LogP contribution in [0, 0.1) is 5.92 Å². The van der Waals surface area contributed by atoms with Crippen molar-refractivity contribution < 1.29 is 23.9 Å². The predicted octanol–water partition coefficient (Wildman–Crippen LogP) is 1.91. The van der Waals surface area contributed by atoms with Crippen molar-refractivity contribution in [3.8, 4) is 0 Å². The van der Waals surface area contributed by atoms with E-state index >= 15 is 0 Å². The fourth-order valence-corrected chi connectivity index (χ4v) is 3.98. The molecular weight excluding hydrogens is 352 g/mol. The minimum absolute atomic E-state index is 0.00240. The number of carbonyl (C=O) groups excluding carboxylic acids is 3. The van der Waals surface area contributed by atoms with Crippen molar-refractivity contribution >= 4 is 39.6 Å². The van der Waals surface area contributed by atoms with Gasteiger partial charge in [0.2, 0.25) is 5.91 Å². The van der Waals surface area contributed by atoms with Gasteiger partial charge in [0.15, 0.2) is 0 Å². The highest BCUT2D eigenvalue weighted by molar-refractivity contribution is 8.76. The molecule has 2 amide bonds.